The number of esters is 1. The molecular weight excluding hydrogens is 450 g/mol. The minimum atomic E-state index is -0.373. The molecule has 1 aromatic carbocycles. The molecule has 0 atom stereocenters. The van der Waals surface area contributed by atoms with Gasteiger partial charge in [0.15, 0.2) is 11.3 Å². The molecule has 3 aromatic rings. The van der Waals surface area contributed by atoms with E-state index < -0.39 is 0 Å². The first-order valence-electron chi connectivity index (χ1n) is 13.7. The number of pyridine rings is 1. The van der Waals surface area contributed by atoms with Gasteiger partial charge < -0.3 is 9.64 Å². The lowest BCUT2D eigenvalue weighted by Crippen LogP contribution is -2.46. The molecule has 1 aliphatic heterocycles. The van der Waals surface area contributed by atoms with Crippen molar-refractivity contribution in [2.45, 2.75) is 69.9 Å². The van der Waals surface area contributed by atoms with Gasteiger partial charge in [-0.05, 0) is 37.3 Å². The summed E-state index contributed by atoms with van der Waals surface area (Å²) in [6, 6.07) is 13.0. The van der Waals surface area contributed by atoms with Crippen molar-refractivity contribution in [2.24, 2.45) is 0 Å². The zero-order valence-corrected chi connectivity index (χ0v) is 21.4. The molecule has 2 aromatic heterocycles. The molecule has 0 unspecified atom stereocenters. The number of benzene rings is 1. The zero-order chi connectivity index (χ0) is 24.5. The van der Waals surface area contributed by atoms with E-state index in [1.54, 1.807) is 0 Å². The van der Waals surface area contributed by atoms with Gasteiger partial charge in [0.1, 0.15) is 0 Å². The van der Waals surface area contributed by atoms with E-state index in [1.807, 2.05) is 6.07 Å². The second-order valence-corrected chi connectivity index (χ2v) is 10.7. The van der Waals surface area contributed by atoms with E-state index in [0.29, 0.717) is 17.7 Å². The van der Waals surface area contributed by atoms with Gasteiger partial charge in [0.25, 0.3) is 0 Å². The summed E-state index contributed by atoms with van der Waals surface area (Å²) in [5.41, 5.74) is 4.94. The highest BCUT2D eigenvalue weighted by molar-refractivity contribution is 5.98. The quantitative estimate of drug-likeness (QED) is 0.439. The lowest BCUT2D eigenvalue weighted by molar-refractivity contribution is 0.0594. The van der Waals surface area contributed by atoms with Gasteiger partial charge in [0.2, 0.25) is 0 Å². The van der Waals surface area contributed by atoms with Crippen molar-refractivity contribution in [1.29, 1.82) is 0 Å². The van der Waals surface area contributed by atoms with Crippen LogP contribution in [-0.4, -0.2) is 58.9 Å². The lowest BCUT2D eigenvalue weighted by atomic mass is 9.82. The number of fused-ring (bicyclic) bond motifs is 1. The fourth-order valence-corrected chi connectivity index (χ4v) is 6.14. The number of ether oxygens (including phenoxy) is 1. The number of hydrogen-bond acceptors (Lipinski definition) is 6. The van der Waals surface area contributed by atoms with E-state index in [4.69, 9.17) is 14.8 Å². The lowest BCUT2D eigenvalue weighted by Gasteiger charge is -2.37. The summed E-state index contributed by atoms with van der Waals surface area (Å²) in [6.07, 6.45) is 9.69. The molecule has 0 bridgehead atoms. The Hall–Kier alpha value is -2.93. The molecule has 6 rings (SSSR count). The van der Waals surface area contributed by atoms with E-state index in [-0.39, 0.29) is 5.97 Å². The third-order valence-corrected chi connectivity index (χ3v) is 8.44. The molecule has 0 N–H and O–H groups in total. The maximum absolute atomic E-state index is 12.7. The predicted molar refractivity (Wildman–Crippen MR) is 142 cm³/mol. The molecule has 7 nitrogen and oxygen atoms in total. The number of piperazine rings is 1. The van der Waals surface area contributed by atoms with Crippen LogP contribution in [-0.2, 0) is 11.3 Å². The molecule has 1 saturated heterocycles. The Balaban J connectivity index is 1.37. The van der Waals surface area contributed by atoms with Gasteiger partial charge in [-0.1, -0.05) is 56.0 Å². The van der Waals surface area contributed by atoms with Crippen LogP contribution >= 0.6 is 0 Å². The highest BCUT2D eigenvalue weighted by Gasteiger charge is 2.32. The van der Waals surface area contributed by atoms with Crippen LogP contribution in [0.3, 0.4) is 0 Å². The third-order valence-electron chi connectivity index (χ3n) is 8.44. The molecule has 0 radical (unpaired) electrons. The molecule has 3 aliphatic rings. The summed E-state index contributed by atoms with van der Waals surface area (Å²) in [5.74, 6) is 0.128. The van der Waals surface area contributed by atoms with E-state index in [0.717, 1.165) is 56.9 Å². The van der Waals surface area contributed by atoms with Crippen molar-refractivity contribution in [3.63, 3.8) is 0 Å². The molecule has 3 fully saturated rings. The fourth-order valence-electron chi connectivity index (χ4n) is 6.14. The standard InChI is InChI=1S/C29H37N5O2/c1-36-29(35)24-19-25(33-17-15-32(16-18-33)20-21-9-4-2-5-10-21)26-27(22-11-8-12-22)31-34(28(26)30-24)23-13-6-3-7-14-23/h2,4-5,9-10,19,22-23H,3,6-8,11-18,20H2,1H3. The molecule has 3 heterocycles. The van der Waals surface area contributed by atoms with Crippen LogP contribution in [0.4, 0.5) is 5.69 Å². The summed E-state index contributed by atoms with van der Waals surface area (Å²) >= 11 is 0. The number of carbonyl (C=O) groups is 1. The van der Waals surface area contributed by atoms with Crippen LogP contribution in [0.1, 0.15) is 85.1 Å². The van der Waals surface area contributed by atoms with Gasteiger partial charge >= 0.3 is 5.97 Å². The Bertz CT molecular complexity index is 1210. The molecule has 7 heteroatoms. The van der Waals surface area contributed by atoms with Crippen LogP contribution in [0.25, 0.3) is 11.0 Å². The molecule has 190 valence electrons. The topological polar surface area (TPSA) is 63.5 Å². The highest BCUT2D eigenvalue weighted by atomic mass is 16.5. The summed E-state index contributed by atoms with van der Waals surface area (Å²) in [4.78, 5) is 22.6. The average Bonchev–Trinajstić information content (AvgIpc) is 3.27. The first-order chi connectivity index (χ1) is 17.7. The summed E-state index contributed by atoms with van der Waals surface area (Å²) in [6.45, 7) is 4.79. The van der Waals surface area contributed by atoms with Gasteiger partial charge in [-0.2, -0.15) is 5.10 Å². The monoisotopic (exact) mass is 487 g/mol. The fraction of sp³-hybridized carbons (Fsp3) is 0.552. The third kappa shape index (κ3) is 4.49. The molecule has 2 saturated carbocycles. The second kappa shape index (κ2) is 10.2. The average molecular weight is 488 g/mol. The number of nitrogens with zero attached hydrogens (tertiary/aromatic N) is 5. The van der Waals surface area contributed by atoms with Crippen LogP contribution in [0.2, 0.25) is 0 Å². The number of methoxy groups -OCH3 is 1. The molecule has 0 amide bonds. The van der Waals surface area contributed by atoms with E-state index in [1.165, 1.54) is 62.3 Å². The molecule has 2 aliphatic carbocycles. The Morgan fingerprint density at radius 2 is 1.72 bits per heavy atom. The largest absolute Gasteiger partial charge is 0.464 e. The minimum absolute atomic E-state index is 0.367. The van der Waals surface area contributed by atoms with Gasteiger partial charge in [-0.15, -0.1) is 0 Å². The van der Waals surface area contributed by atoms with Crippen LogP contribution in [0.15, 0.2) is 36.4 Å². The maximum atomic E-state index is 12.7. The second-order valence-electron chi connectivity index (χ2n) is 10.7. The van der Waals surface area contributed by atoms with Crippen LogP contribution < -0.4 is 4.90 Å². The van der Waals surface area contributed by atoms with Crippen LogP contribution in [0, 0.1) is 0 Å². The summed E-state index contributed by atoms with van der Waals surface area (Å²) in [7, 11) is 1.44. The first kappa shape index (κ1) is 23.5. The Kier molecular flexibility index (Phi) is 6.65. The summed E-state index contributed by atoms with van der Waals surface area (Å²) in [5, 5.41) is 6.43. The Labute approximate surface area is 213 Å². The van der Waals surface area contributed by atoms with Crippen LogP contribution in [0.5, 0.6) is 0 Å². The Morgan fingerprint density at radius 3 is 2.39 bits per heavy atom. The molecule has 0 spiro atoms. The number of hydrogen-bond donors (Lipinski definition) is 0. The summed E-state index contributed by atoms with van der Waals surface area (Å²) < 4.78 is 7.31. The smallest absolute Gasteiger partial charge is 0.356 e. The van der Waals surface area contributed by atoms with E-state index in [9.17, 15) is 4.79 Å². The molecule has 36 heavy (non-hydrogen) atoms. The van der Waals surface area contributed by atoms with E-state index in [2.05, 4.69) is 44.8 Å². The van der Waals surface area contributed by atoms with Gasteiger partial charge in [0.05, 0.1) is 29.9 Å². The number of anilines is 1. The van der Waals surface area contributed by atoms with Gasteiger partial charge in [-0.3, -0.25) is 4.90 Å². The number of carbonyl (C=O) groups excluding carboxylic acids is 1. The van der Waals surface area contributed by atoms with Crippen molar-refractivity contribution in [1.82, 2.24) is 19.7 Å². The minimum Gasteiger partial charge on any atom is -0.464 e. The van der Waals surface area contributed by atoms with Gasteiger partial charge in [-0.25, -0.2) is 14.5 Å². The van der Waals surface area contributed by atoms with Crippen molar-refractivity contribution >= 4 is 22.7 Å². The predicted octanol–water partition coefficient (Wildman–Crippen LogP) is 5.31. The van der Waals surface area contributed by atoms with Gasteiger partial charge in [0, 0.05) is 38.6 Å². The van der Waals surface area contributed by atoms with Crippen molar-refractivity contribution in [2.75, 3.05) is 38.2 Å². The number of rotatable bonds is 6. The van der Waals surface area contributed by atoms with Crippen molar-refractivity contribution in [3.8, 4) is 0 Å². The normalized spacial score (nSPS) is 20.0. The highest BCUT2D eigenvalue weighted by Crippen LogP contribution is 2.44. The molecular formula is C29H37N5O2. The Morgan fingerprint density at radius 1 is 0.972 bits per heavy atom. The van der Waals surface area contributed by atoms with Crippen molar-refractivity contribution in [3.05, 3.63) is 53.3 Å². The number of aromatic nitrogens is 3. The first-order valence-corrected chi connectivity index (χ1v) is 13.7. The van der Waals surface area contributed by atoms with Crippen molar-refractivity contribution < 1.29 is 9.53 Å². The SMILES string of the molecule is COC(=O)c1cc(N2CCN(Cc3ccccc3)CC2)c2c(C3CCC3)nn(C3CCCCC3)c2n1. The maximum Gasteiger partial charge on any atom is 0.356 e. The van der Waals surface area contributed by atoms with E-state index >= 15 is 0 Å². The zero-order valence-electron chi connectivity index (χ0n) is 21.4.